The monoisotopic (exact) mass is 211 g/mol. The highest BCUT2D eigenvalue weighted by atomic mass is 19.4. The van der Waals surface area contributed by atoms with Crippen molar-refractivity contribution >= 4 is 5.97 Å². The van der Waals surface area contributed by atoms with Crippen LogP contribution in [0.1, 0.15) is 12.8 Å². The fourth-order valence-electron chi connectivity index (χ4n) is 1.55. The van der Waals surface area contributed by atoms with E-state index in [9.17, 15) is 18.0 Å². The van der Waals surface area contributed by atoms with Crippen molar-refractivity contribution in [3.05, 3.63) is 0 Å². The molecule has 1 heterocycles. The van der Waals surface area contributed by atoms with Gasteiger partial charge >= 0.3 is 12.1 Å². The molecule has 0 saturated carbocycles. The molecule has 0 radical (unpaired) electrons. The normalized spacial score (nSPS) is 21.1. The van der Waals surface area contributed by atoms with Gasteiger partial charge in [-0.05, 0) is 25.9 Å². The maximum absolute atomic E-state index is 12.2. The van der Waals surface area contributed by atoms with E-state index in [1.165, 1.54) is 0 Å². The highest BCUT2D eigenvalue weighted by Gasteiger charge is 2.46. The summed E-state index contributed by atoms with van der Waals surface area (Å²) in [6, 6.07) is 0. The lowest BCUT2D eigenvalue weighted by Gasteiger charge is -2.22. The number of aliphatic carboxylic acids is 1. The van der Waals surface area contributed by atoms with Gasteiger partial charge in [0.15, 0.2) is 5.92 Å². The van der Waals surface area contributed by atoms with E-state index in [1.54, 1.807) is 4.90 Å². The smallest absolute Gasteiger partial charge is 0.403 e. The molecule has 0 aromatic rings. The van der Waals surface area contributed by atoms with Gasteiger partial charge in [0.25, 0.3) is 0 Å². The highest BCUT2D eigenvalue weighted by Crippen LogP contribution is 2.28. The summed E-state index contributed by atoms with van der Waals surface area (Å²) in [7, 11) is 0. The molecular formula is C8H12F3NO2. The van der Waals surface area contributed by atoms with E-state index in [1.807, 2.05) is 0 Å². The standard InChI is InChI=1S/C8H12F3NO2/c9-8(10,11)6(7(13)14)5-12-3-1-2-4-12/h6H,1-5H2,(H,13,14). The zero-order valence-corrected chi connectivity index (χ0v) is 7.55. The number of nitrogens with zero attached hydrogens (tertiary/aromatic N) is 1. The molecule has 0 spiro atoms. The summed E-state index contributed by atoms with van der Waals surface area (Å²) >= 11 is 0. The largest absolute Gasteiger partial charge is 0.481 e. The fourth-order valence-corrected chi connectivity index (χ4v) is 1.55. The second-order valence-electron chi connectivity index (χ2n) is 3.44. The Kier molecular flexibility index (Phi) is 3.36. The number of carbonyl (C=O) groups is 1. The molecule has 6 heteroatoms. The van der Waals surface area contributed by atoms with Gasteiger partial charge in [0.2, 0.25) is 0 Å². The molecule has 1 fully saturated rings. The van der Waals surface area contributed by atoms with Gasteiger partial charge in [0.1, 0.15) is 0 Å². The van der Waals surface area contributed by atoms with Crippen molar-refractivity contribution in [1.82, 2.24) is 4.90 Å². The van der Waals surface area contributed by atoms with Crippen molar-refractivity contribution < 1.29 is 23.1 Å². The third kappa shape index (κ3) is 2.87. The predicted octanol–water partition coefficient (Wildman–Crippen LogP) is 1.35. The third-order valence-electron chi connectivity index (χ3n) is 2.33. The van der Waals surface area contributed by atoms with Crippen LogP contribution in [-0.4, -0.2) is 41.8 Å². The quantitative estimate of drug-likeness (QED) is 0.765. The lowest BCUT2D eigenvalue weighted by molar-refractivity contribution is -0.196. The number of halogens is 3. The van der Waals surface area contributed by atoms with Crippen molar-refractivity contribution in [3.8, 4) is 0 Å². The average molecular weight is 211 g/mol. The van der Waals surface area contributed by atoms with Gasteiger partial charge in [-0.1, -0.05) is 0 Å². The first-order valence-corrected chi connectivity index (χ1v) is 4.43. The molecule has 1 N–H and O–H groups in total. The summed E-state index contributed by atoms with van der Waals surface area (Å²) in [5, 5.41) is 8.42. The van der Waals surface area contributed by atoms with Crippen LogP contribution >= 0.6 is 0 Å². The molecule has 1 unspecified atom stereocenters. The Morgan fingerprint density at radius 2 is 1.86 bits per heavy atom. The van der Waals surface area contributed by atoms with Crippen molar-refractivity contribution in [2.75, 3.05) is 19.6 Å². The zero-order chi connectivity index (χ0) is 10.8. The lowest BCUT2D eigenvalue weighted by Crippen LogP contribution is -2.40. The molecule has 1 atom stereocenters. The molecule has 0 bridgehead atoms. The fraction of sp³-hybridized carbons (Fsp3) is 0.875. The molecule has 82 valence electrons. The van der Waals surface area contributed by atoms with Crippen LogP contribution in [0, 0.1) is 5.92 Å². The Labute approximate surface area is 79.5 Å². The maximum atomic E-state index is 12.2. The van der Waals surface area contributed by atoms with Crippen LogP contribution in [0.3, 0.4) is 0 Å². The van der Waals surface area contributed by atoms with Crippen molar-refractivity contribution in [1.29, 1.82) is 0 Å². The Morgan fingerprint density at radius 3 is 2.21 bits per heavy atom. The maximum Gasteiger partial charge on any atom is 0.403 e. The Balaban J connectivity index is 2.55. The first-order chi connectivity index (χ1) is 6.41. The minimum Gasteiger partial charge on any atom is -0.481 e. The van der Waals surface area contributed by atoms with Crippen molar-refractivity contribution in [3.63, 3.8) is 0 Å². The molecule has 0 aromatic heterocycles. The summed E-state index contributed by atoms with van der Waals surface area (Å²) in [5.74, 6) is -4.04. The third-order valence-corrected chi connectivity index (χ3v) is 2.33. The van der Waals surface area contributed by atoms with Crippen LogP contribution in [0.15, 0.2) is 0 Å². The minimum absolute atomic E-state index is 0.418. The molecule has 1 saturated heterocycles. The number of alkyl halides is 3. The first-order valence-electron chi connectivity index (χ1n) is 4.43. The van der Waals surface area contributed by atoms with E-state index in [0.717, 1.165) is 12.8 Å². The average Bonchev–Trinajstić information content (AvgIpc) is 2.48. The molecule has 1 aliphatic rings. The zero-order valence-electron chi connectivity index (χ0n) is 7.55. The van der Waals surface area contributed by atoms with Gasteiger partial charge in [-0.15, -0.1) is 0 Å². The van der Waals surface area contributed by atoms with Crippen LogP contribution in [0.25, 0.3) is 0 Å². The number of hydrogen-bond acceptors (Lipinski definition) is 2. The van der Waals surface area contributed by atoms with Crippen molar-refractivity contribution in [2.24, 2.45) is 5.92 Å². The molecule has 14 heavy (non-hydrogen) atoms. The molecule has 1 aliphatic heterocycles. The van der Waals surface area contributed by atoms with E-state index in [4.69, 9.17) is 5.11 Å². The molecule has 0 aliphatic carbocycles. The summed E-state index contributed by atoms with van der Waals surface area (Å²) in [4.78, 5) is 11.9. The van der Waals surface area contributed by atoms with Crippen LogP contribution in [0.4, 0.5) is 13.2 Å². The Hall–Kier alpha value is -0.780. The molecule has 0 aromatic carbocycles. The second kappa shape index (κ2) is 4.16. The molecular weight excluding hydrogens is 199 g/mol. The summed E-state index contributed by atoms with van der Waals surface area (Å²) in [6.07, 6.45) is -2.94. The van der Waals surface area contributed by atoms with Gasteiger partial charge < -0.3 is 10.0 Å². The lowest BCUT2D eigenvalue weighted by atomic mass is 10.1. The number of rotatable bonds is 3. The number of carboxylic acid groups (broad SMARTS) is 1. The Morgan fingerprint density at radius 1 is 1.36 bits per heavy atom. The number of likely N-dealkylation sites (tertiary alicyclic amines) is 1. The highest BCUT2D eigenvalue weighted by molar-refractivity contribution is 5.71. The van der Waals surface area contributed by atoms with Crippen LogP contribution < -0.4 is 0 Å². The van der Waals surface area contributed by atoms with Crippen LogP contribution in [0.5, 0.6) is 0 Å². The van der Waals surface area contributed by atoms with E-state index in [-0.39, 0.29) is 0 Å². The van der Waals surface area contributed by atoms with Gasteiger partial charge in [-0.2, -0.15) is 13.2 Å². The van der Waals surface area contributed by atoms with Crippen molar-refractivity contribution in [2.45, 2.75) is 19.0 Å². The molecule has 0 amide bonds. The number of hydrogen-bond donors (Lipinski definition) is 1. The SMILES string of the molecule is O=C(O)C(CN1CCCC1)C(F)(F)F. The summed E-state index contributed by atoms with van der Waals surface area (Å²) < 4.78 is 36.7. The van der Waals surface area contributed by atoms with Gasteiger partial charge in [-0.3, -0.25) is 4.79 Å². The van der Waals surface area contributed by atoms with E-state index < -0.39 is 24.6 Å². The summed E-state index contributed by atoms with van der Waals surface area (Å²) in [5.41, 5.74) is 0. The topological polar surface area (TPSA) is 40.5 Å². The van der Waals surface area contributed by atoms with E-state index in [0.29, 0.717) is 13.1 Å². The minimum atomic E-state index is -4.64. The van der Waals surface area contributed by atoms with Gasteiger partial charge in [0.05, 0.1) is 0 Å². The second-order valence-corrected chi connectivity index (χ2v) is 3.44. The summed E-state index contributed by atoms with van der Waals surface area (Å²) in [6.45, 7) is 0.721. The Bertz CT molecular complexity index is 211. The molecule has 1 rings (SSSR count). The predicted molar refractivity (Wildman–Crippen MR) is 42.9 cm³/mol. The molecule has 3 nitrogen and oxygen atoms in total. The van der Waals surface area contributed by atoms with Crippen LogP contribution in [-0.2, 0) is 4.79 Å². The van der Waals surface area contributed by atoms with E-state index >= 15 is 0 Å². The van der Waals surface area contributed by atoms with Crippen LogP contribution in [0.2, 0.25) is 0 Å². The van der Waals surface area contributed by atoms with E-state index in [2.05, 4.69) is 0 Å². The van der Waals surface area contributed by atoms with Gasteiger partial charge in [0, 0.05) is 6.54 Å². The number of carboxylic acids is 1. The first kappa shape index (κ1) is 11.3. The van der Waals surface area contributed by atoms with Gasteiger partial charge in [-0.25, -0.2) is 0 Å².